The van der Waals surface area contributed by atoms with Gasteiger partial charge in [-0.1, -0.05) is 18.2 Å². The third-order valence-electron chi connectivity index (χ3n) is 3.59. The Morgan fingerprint density at radius 3 is 2.76 bits per heavy atom. The fourth-order valence-electron chi connectivity index (χ4n) is 2.32. The van der Waals surface area contributed by atoms with Gasteiger partial charge in [0.15, 0.2) is 0 Å². The van der Waals surface area contributed by atoms with Crippen LogP contribution < -0.4 is 10.2 Å². The number of fused-ring (bicyclic) bond motifs is 1. The van der Waals surface area contributed by atoms with E-state index in [1.807, 2.05) is 24.3 Å². The molecular weight excluding hydrogens is 272 g/mol. The fraction of sp³-hybridized carbons (Fsp3) is 0.400. The van der Waals surface area contributed by atoms with Crippen LogP contribution in [0, 0.1) is 5.92 Å². The standard InChI is InChI=1S/C15H18N2O4/c1-10(15(20)21)14(19)16-9-13(18)17-8-4-6-11-5-2-3-7-12(11)17/h2-3,5,7,10H,4,6,8-9H2,1H3,(H,16,19)(H,20,21). The predicted molar refractivity (Wildman–Crippen MR) is 76.9 cm³/mol. The van der Waals surface area contributed by atoms with E-state index in [2.05, 4.69) is 5.32 Å². The maximum absolute atomic E-state index is 12.2. The Balaban J connectivity index is 1.99. The van der Waals surface area contributed by atoms with Crippen molar-refractivity contribution < 1.29 is 19.5 Å². The predicted octanol–water partition coefficient (Wildman–Crippen LogP) is 0.803. The molecule has 1 atom stereocenters. The molecule has 0 aromatic heterocycles. The Morgan fingerprint density at radius 1 is 1.33 bits per heavy atom. The summed E-state index contributed by atoms with van der Waals surface area (Å²) in [7, 11) is 0. The minimum atomic E-state index is -1.21. The van der Waals surface area contributed by atoms with Crippen LogP contribution >= 0.6 is 0 Å². The van der Waals surface area contributed by atoms with Gasteiger partial charge in [-0.3, -0.25) is 14.4 Å². The van der Waals surface area contributed by atoms with Gasteiger partial charge < -0.3 is 15.3 Å². The van der Waals surface area contributed by atoms with Gasteiger partial charge in [-0.2, -0.15) is 0 Å². The second kappa shape index (κ2) is 6.39. The molecule has 0 fully saturated rings. The number of benzene rings is 1. The first-order valence-electron chi connectivity index (χ1n) is 6.89. The Morgan fingerprint density at radius 2 is 2.05 bits per heavy atom. The van der Waals surface area contributed by atoms with Crippen molar-refractivity contribution >= 4 is 23.5 Å². The van der Waals surface area contributed by atoms with E-state index in [1.54, 1.807) is 4.90 Å². The van der Waals surface area contributed by atoms with Gasteiger partial charge in [0.25, 0.3) is 0 Å². The Kier molecular flexibility index (Phi) is 4.57. The van der Waals surface area contributed by atoms with Crippen molar-refractivity contribution in [3.05, 3.63) is 29.8 Å². The van der Waals surface area contributed by atoms with Crippen molar-refractivity contribution in [1.82, 2.24) is 5.32 Å². The summed E-state index contributed by atoms with van der Waals surface area (Å²) in [6, 6.07) is 7.67. The first-order chi connectivity index (χ1) is 10.0. The van der Waals surface area contributed by atoms with E-state index in [-0.39, 0.29) is 12.5 Å². The maximum atomic E-state index is 12.2. The number of aryl methyl sites for hydroxylation is 1. The molecule has 2 rings (SSSR count). The molecule has 0 bridgehead atoms. The molecule has 1 aliphatic heterocycles. The molecule has 6 nitrogen and oxygen atoms in total. The zero-order valence-electron chi connectivity index (χ0n) is 11.8. The van der Waals surface area contributed by atoms with E-state index in [0.717, 1.165) is 24.1 Å². The number of hydrogen-bond acceptors (Lipinski definition) is 3. The van der Waals surface area contributed by atoms with Crippen molar-refractivity contribution in [1.29, 1.82) is 0 Å². The molecule has 1 aromatic rings. The fourth-order valence-corrected chi connectivity index (χ4v) is 2.32. The molecule has 0 spiro atoms. The second-order valence-electron chi connectivity index (χ2n) is 5.06. The molecule has 112 valence electrons. The number of amides is 2. The molecule has 0 radical (unpaired) electrons. The van der Waals surface area contributed by atoms with Crippen LogP contribution in [0.3, 0.4) is 0 Å². The molecule has 1 aromatic carbocycles. The summed E-state index contributed by atoms with van der Waals surface area (Å²) in [4.78, 5) is 36.1. The third-order valence-corrected chi connectivity index (χ3v) is 3.59. The quantitative estimate of drug-likeness (QED) is 0.803. The second-order valence-corrected chi connectivity index (χ2v) is 5.06. The first-order valence-corrected chi connectivity index (χ1v) is 6.89. The number of carbonyl (C=O) groups excluding carboxylic acids is 2. The van der Waals surface area contributed by atoms with Gasteiger partial charge in [0.2, 0.25) is 11.8 Å². The van der Waals surface area contributed by atoms with Crippen LogP contribution in [-0.4, -0.2) is 36.0 Å². The van der Waals surface area contributed by atoms with Crippen molar-refractivity contribution in [2.75, 3.05) is 18.0 Å². The molecule has 2 amide bonds. The van der Waals surface area contributed by atoms with E-state index >= 15 is 0 Å². The lowest BCUT2D eigenvalue weighted by molar-refractivity contribution is -0.146. The van der Waals surface area contributed by atoms with Crippen LogP contribution in [0.2, 0.25) is 0 Å². The summed E-state index contributed by atoms with van der Waals surface area (Å²) in [5, 5.41) is 11.1. The molecular formula is C15H18N2O4. The number of carboxylic acid groups (broad SMARTS) is 1. The molecule has 1 aliphatic rings. The van der Waals surface area contributed by atoms with Gasteiger partial charge >= 0.3 is 5.97 Å². The molecule has 1 unspecified atom stereocenters. The van der Waals surface area contributed by atoms with Crippen LogP contribution in [0.1, 0.15) is 18.9 Å². The highest BCUT2D eigenvalue weighted by atomic mass is 16.4. The molecule has 2 N–H and O–H groups in total. The normalized spacial score (nSPS) is 15.0. The Hall–Kier alpha value is -2.37. The zero-order valence-corrected chi connectivity index (χ0v) is 11.8. The highest BCUT2D eigenvalue weighted by Gasteiger charge is 2.24. The molecule has 6 heteroatoms. The number of hydrogen-bond donors (Lipinski definition) is 2. The van der Waals surface area contributed by atoms with Gasteiger partial charge in [0, 0.05) is 12.2 Å². The van der Waals surface area contributed by atoms with E-state index in [4.69, 9.17) is 5.11 Å². The van der Waals surface area contributed by atoms with Crippen LogP contribution in [0.5, 0.6) is 0 Å². The Bertz CT molecular complexity index is 571. The summed E-state index contributed by atoms with van der Waals surface area (Å²) in [5.74, 6) is -3.25. The number of carbonyl (C=O) groups is 3. The van der Waals surface area contributed by atoms with E-state index in [9.17, 15) is 14.4 Å². The zero-order chi connectivity index (χ0) is 15.4. The first kappa shape index (κ1) is 15.0. The van der Waals surface area contributed by atoms with E-state index in [0.29, 0.717) is 6.54 Å². The highest BCUT2D eigenvalue weighted by molar-refractivity contribution is 6.01. The number of para-hydroxylation sites is 1. The summed E-state index contributed by atoms with van der Waals surface area (Å²) in [6.07, 6.45) is 1.81. The molecule has 0 aliphatic carbocycles. The summed E-state index contributed by atoms with van der Waals surface area (Å²) in [5.41, 5.74) is 1.98. The van der Waals surface area contributed by atoms with Crippen LogP contribution in [0.4, 0.5) is 5.69 Å². The average molecular weight is 290 g/mol. The van der Waals surface area contributed by atoms with Crippen LogP contribution in [0.15, 0.2) is 24.3 Å². The summed E-state index contributed by atoms with van der Waals surface area (Å²) < 4.78 is 0. The largest absolute Gasteiger partial charge is 0.481 e. The number of carboxylic acids is 1. The number of nitrogens with one attached hydrogen (secondary N) is 1. The third kappa shape index (κ3) is 3.39. The molecule has 1 heterocycles. The summed E-state index contributed by atoms with van der Waals surface area (Å²) in [6.45, 7) is 1.71. The Labute approximate surface area is 122 Å². The maximum Gasteiger partial charge on any atom is 0.315 e. The van der Waals surface area contributed by atoms with Gasteiger partial charge in [-0.15, -0.1) is 0 Å². The van der Waals surface area contributed by atoms with Gasteiger partial charge in [-0.25, -0.2) is 0 Å². The minimum absolute atomic E-state index is 0.190. The van der Waals surface area contributed by atoms with Crippen molar-refractivity contribution in [3.8, 4) is 0 Å². The van der Waals surface area contributed by atoms with Crippen molar-refractivity contribution in [3.63, 3.8) is 0 Å². The van der Waals surface area contributed by atoms with Gasteiger partial charge in [-0.05, 0) is 31.4 Å². The lowest BCUT2D eigenvalue weighted by Gasteiger charge is -2.29. The minimum Gasteiger partial charge on any atom is -0.481 e. The molecule has 0 saturated carbocycles. The monoisotopic (exact) mass is 290 g/mol. The summed E-state index contributed by atoms with van der Waals surface area (Å²) >= 11 is 0. The van der Waals surface area contributed by atoms with E-state index < -0.39 is 17.8 Å². The van der Waals surface area contributed by atoms with Crippen molar-refractivity contribution in [2.45, 2.75) is 19.8 Å². The topological polar surface area (TPSA) is 86.7 Å². The lowest BCUT2D eigenvalue weighted by Crippen LogP contribution is -2.44. The number of aliphatic carboxylic acids is 1. The number of rotatable bonds is 4. The average Bonchev–Trinajstić information content (AvgIpc) is 2.50. The SMILES string of the molecule is CC(C(=O)O)C(=O)NCC(=O)N1CCCc2ccccc21. The number of nitrogens with zero attached hydrogens (tertiary/aromatic N) is 1. The smallest absolute Gasteiger partial charge is 0.315 e. The number of anilines is 1. The van der Waals surface area contributed by atoms with Crippen molar-refractivity contribution in [2.24, 2.45) is 5.92 Å². The van der Waals surface area contributed by atoms with E-state index in [1.165, 1.54) is 6.92 Å². The molecule has 0 saturated heterocycles. The highest BCUT2D eigenvalue weighted by Crippen LogP contribution is 2.26. The van der Waals surface area contributed by atoms with Crippen LogP contribution in [-0.2, 0) is 20.8 Å². The van der Waals surface area contributed by atoms with Gasteiger partial charge in [0.05, 0.1) is 6.54 Å². The molecule has 21 heavy (non-hydrogen) atoms. The van der Waals surface area contributed by atoms with Gasteiger partial charge in [0.1, 0.15) is 5.92 Å². The lowest BCUT2D eigenvalue weighted by atomic mass is 10.0. The van der Waals surface area contributed by atoms with Crippen LogP contribution in [0.25, 0.3) is 0 Å².